The van der Waals surface area contributed by atoms with E-state index in [1.54, 1.807) is 0 Å². The van der Waals surface area contributed by atoms with Gasteiger partial charge < -0.3 is 10.5 Å². The van der Waals surface area contributed by atoms with Gasteiger partial charge in [0.25, 0.3) is 0 Å². The van der Waals surface area contributed by atoms with Crippen LogP contribution >= 0.6 is 23.5 Å². The van der Waals surface area contributed by atoms with E-state index in [-0.39, 0.29) is 5.60 Å². The highest BCUT2D eigenvalue weighted by Gasteiger charge is 2.40. The van der Waals surface area contributed by atoms with Crippen LogP contribution in [0.25, 0.3) is 0 Å². The summed E-state index contributed by atoms with van der Waals surface area (Å²) in [6, 6.07) is 0.350. The SMILES string of the molecule is CC(N)CCSC1CCOC2(CCSC2)C1. The molecule has 1 spiro atoms. The second-order valence-corrected chi connectivity index (χ2v) is 7.60. The molecule has 2 N–H and O–H groups in total. The molecule has 3 atom stereocenters. The molecule has 3 unspecified atom stereocenters. The Morgan fingerprint density at radius 2 is 2.50 bits per heavy atom. The summed E-state index contributed by atoms with van der Waals surface area (Å²) in [6.07, 6.45) is 4.91. The first-order valence-corrected chi connectivity index (χ1v) is 8.49. The summed E-state index contributed by atoms with van der Waals surface area (Å²) in [4.78, 5) is 0. The van der Waals surface area contributed by atoms with Crippen LogP contribution in [0.2, 0.25) is 0 Å². The predicted molar refractivity (Wildman–Crippen MR) is 74.4 cm³/mol. The molecule has 0 aromatic rings. The van der Waals surface area contributed by atoms with E-state index in [0.29, 0.717) is 6.04 Å². The van der Waals surface area contributed by atoms with Crippen molar-refractivity contribution in [2.24, 2.45) is 5.73 Å². The molecule has 2 saturated heterocycles. The highest BCUT2D eigenvalue weighted by atomic mass is 32.2. The molecule has 2 nitrogen and oxygen atoms in total. The monoisotopic (exact) mass is 261 g/mol. The molecule has 4 heteroatoms. The average Bonchev–Trinajstić information content (AvgIpc) is 2.66. The Bertz CT molecular complexity index is 217. The number of ether oxygens (including phenoxy) is 1. The smallest absolute Gasteiger partial charge is 0.0790 e. The summed E-state index contributed by atoms with van der Waals surface area (Å²) in [7, 11) is 0. The molecule has 0 aromatic carbocycles. The van der Waals surface area contributed by atoms with Gasteiger partial charge in [0.2, 0.25) is 0 Å². The Morgan fingerprint density at radius 1 is 1.62 bits per heavy atom. The van der Waals surface area contributed by atoms with Gasteiger partial charge in [-0.05, 0) is 44.1 Å². The van der Waals surface area contributed by atoms with Crippen molar-refractivity contribution in [2.45, 2.75) is 49.5 Å². The number of hydrogen-bond acceptors (Lipinski definition) is 4. The highest BCUT2D eigenvalue weighted by molar-refractivity contribution is 8.00. The van der Waals surface area contributed by atoms with E-state index in [2.05, 4.69) is 30.4 Å². The van der Waals surface area contributed by atoms with Crippen LogP contribution in [0.4, 0.5) is 0 Å². The molecule has 16 heavy (non-hydrogen) atoms. The number of nitrogens with two attached hydrogens (primary N) is 1. The zero-order valence-corrected chi connectivity index (χ0v) is 11.7. The van der Waals surface area contributed by atoms with Crippen LogP contribution in [0.15, 0.2) is 0 Å². The maximum absolute atomic E-state index is 6.03. The van der Waals surface area contributed by atoms with Crippen LogP contribution in [0.5, 0.6) is 0 Å². The molecule has 2 aliphatic heterocycles. The van der Waals surface area contributed by atoms with Crippen molar-refractivity contribution in [2.75, 3.05) is 23.9 Å². The lowest BCUT2D eigenvalue weighted by Gasteiger charge is -2.37. The van der Waals surface area contributed by atoms with Crippen molar-refractivity contribution in [3.63, 3.8) is 0 Å². The fourth-order valence-corrected chi connectivity index (χ4v) is 5.31. The fourth-order valence-electron chi connectivity index (χ4n) is 2.41. The molecular formula is C12H23NOS2. The second-order valence-electron chi connectivity index (χ2n) is 5.09. The third-order valence-electron chi connectivity index (χ3n) is 3.44. The molecule has 0 saturated carbocycles. The quantitative estimate of drug-likeness (QED) is 0.843. The normalized spacial score (nSPS) is 36.8. The summed E-state index contributed by atoms with van der Waals surface area (Å²) in [6.45, 7) is 3.07. The molecule has 0 amide bonds. The van der Waals surface area contributed by atoms with Crippen LogP contribution < -0.4 is 5.73 Å². The minimum absolute atomic E-state index is 0.245. The molecule has 0 bridgehead atoms. The van der Waals surface area contributed by atoms with Crippen molar-refractivity contribution in [1.82, 2.24) is 0 Å². The molecule has 0 radical (unpaired) electrons. The number of rotatable bonds is 4. The van der Waals surface area contributed by atoms with Crippen LogP contribution in [0.1, 0.15) is 32.6 Å². The van der Waals surface area contributed by atoms with Crippen LogP contribution in [0, 0.1) is 0 Å². The van der Waals surface area contributed by atoms with Gasteiger partial charge in [-0.3, -0.25) is 0 Å². The Hall–Kier alpha value is 0.620. The first kappa shape index (κ1) is 13.1. The molecular weight excluding hydrogens is 238 g/mol. The van der Waals surface area contributed by atoms with Gasteiger partial charge in [-0.1, -0.05) is 0 Å². The molecule has 2 aliphatic rings. The molecule has 94 valence electrons. The first-order valence-electron chi connectivity index (χ1n) is 6.29. The Labute approximate surface area is 107 Å². The van der Waals surface area contributed by atoms with Crippen molar-refractivity contribution in [3.05, 3.63) is 0 Å². The topological polar surface area (TPSA) is 35.2 Å². The summed E-state index contributed by atoms with van der Waals surface area (Å²) in [5.41, 5.74) is 6.03. The number of hydrogen-bond donors (Lipinski definition) is 1. The van der Waals surface area contributed by atoms with Gasteiger partial charge >= 0.3 is 0 Å². The van der Waals surface area contributed by atoms with Crippen molar-refractivity contribution in [1.29, 1.82) is 0 Å². The maximum atomic E-state index is 6.03. The number of thioether (sulfide) groups is 2. The third kappa shape index (κ3) is 3.56. The minimum Gasteiger partial charge on any atom is -0.374 e. The average molecular weight is 261 g/mol. The molecule has 0 aromatic heterocycles. The molecule has 2 rings (SSSR count). The highest BCUT2D eigenvalue weighted by Crippen LogP contribution is 2.41. The van der Waals surface area contributed by atoms with E-state index in [4.69, 9.17) is 10.5 Å². The lowest BCUT2D eigenvalue weighted by Crippen LogP contribution is -2.41. The predicted octanol–water partition coefficient (Wildman–Crippen LogP) is 2.51. The summed E-state index contributed by atoms with van der Waals surface area (Å²) in [5, 5.41) is 0.811. The fraction of sp³-hybridized carbons (Fsp3) is 1.00. The summed E-state index contributed by atoms with van der Waals surface area (Å²) in [5.74, 6) is 3.72. The van der Waals surface area contributed by atoms with Gasteiger partial charge in [-0.25, -0.2) is 0 Å². The van der Waals surface area contributed by atoms with Crippen molar-refractivity contribution >= 4 is 23.5 Å². The third-order valence-corrected chi connectivity index (χ3v) is 6.01. The largest absolute Gasteiger partial charge is 0.374 e. The zero-order valence-electron chi connectivity index (χ0n) is 10.1. The van der Waals surface area contributed by atoms with Gasteiger partial charge in [0.15, 0.2) is 0 Å². The van der Waals surface area contributed by atoms with E-state index in [1.165, 1.54) is 36.5 Å². The molecule has 2 heterocycles. The van der Waals surface area contributed by atoms with E-state index in [9.17, 15) is 0 Å². The van der Waals surface area contributed by atoms with Crippen molar-refractivity contribution in [3.8, 4) is 0 Å². The van der Waals surface area contributed by atoms with Crippen LogP contribution in [0.3, 0.4) is 0 Å². The first-order chi connectivity index (χ1) is 7.70. The lowest BCUT2D eigenvalue weighted by atomic mass is 9.93. The van der Waals surface area contributed by atoms with E-state index >= 15 is 0 Å². The minimum atomic E-state index is 0.245. The molecule has 0 aliphatic carbocycles. The summed E-state index contributed by atoms with van der Waals surface area (Å²) < 4.78 is 6.03. The van der Waals surface area contributed by atoms with Gasteiger partial charge in [-0.2, -0.15) is 23.5 Å². The van der Waals surface area contributed by atoms with Crippen LogP contribution in [-0.4, -0.2) is 40.8 Å². The van der Waals surface area contributed by atoms with Gasteiger partial charge in [0.05, 0.1) is 5.60 Å². The Balaban J connectivity index is 1.74. The van der Waals surface area contributed by atoms with Gasteiger partial charge in [0, 0.05) is 23.7 Å². The van der Waals surface area contributed by atoms with E-state index < -0.39 is 0 Å². The van der Waals surface area contributed by atoms with E-state index in [0.717, 1.165) is 18.3 Å². The lowest BCUT2D eigenvalue weighted by molar-refractivity contribution is -0.0562. The maximum Gasteiger partial charge on any atom is 0.0790 e. The second kappa shape index (κ2) is 5.98. The Morgan fingerprint density at radius 3 is 3.19 bits per heavy atom. The van der Waals surface area contributed by atoms with E-state index in [1.807, 2.05) is 0 Å². The van der Waals surface area contributed by atoms with Crippen LogP contribution in [-0.2, 0) is 4.74 Å². The van der Waals surface area contributed by atoms with Gasteiger partial charge in [-0.15, -0.1) is 0 Å². The Kier molecular flexibility index (Phi) is 4.89. The van der Waals surface area contributed by atoms with Crippen molar-refractivity contribution < 1.29 is 4.74 Å². The standard InChI is InChI=1S/C12H23NOS2/c1-10(13)3-6-16-11-2-5-14-12(8-11)4-7-15-9-12/h10-11H,2-9,13H2,1H3. The summed E-state index contributed by atoms with van der Waals surface area (Å²) >= 11 is 4.17. The zero-order chi connectivity index (χ0) is 11.4. The van der Waals surface area contributed by atoms with Gasteiger partial charge in [0.1, 0.15) is 0 Å². The molecule has 2 fully saturated rings.